The van der Waals surface area contributed by atoms with Gasteiger partial charge in [0.2, 0.25) is 0 Å². The van der Waals surface area contributed by atoms with Crippen molar-refractivity contribution in [2.45, 2.75) is 44.2 Å². The van der Waals surface area contributed by atoms with E-state index in [-0.39, 0.29) is 12.0 Å². The second-order valence-corrected chi connectivity index (χ2v) is 8.63. The van der Waals surface area contributed by atoms with Crippen LogP contribution in [0.3, 0.4) is 0 Å². The zero-order chi connectivity index (χ0) is 23.1. The number of aliphatic carboxylic acids is 4. The SMILES string of the molecule is CC1NC2(C)CC3Cc4ccccc4C([C@@H]2C(=O)O)C31C(=O)O.O=C(O)/C=C\C(=O)O. The smallest absolute Gasteiger partial charge is 0.328 e. The molecule has 5 rings (SSSR count). The number of fused-ring (bicyclic) bond motifs is 2. The van der Waals surface area contributed by atoms with Gasteiger partial charge in [-0.1, -0.05) is 24.3 Å². The molecular formula is C22H25NO8. The Bertz CT molecular complexity index is 956. The molecule has 0 radical (unpaired) electrons. The molecule has 9 heteroatoms. The van der Waals surface area contributed by atoms with E-state index in [9.17, 15) is 29.4 Å². The number of carboxylic acid groups (broad SMARTS) is 4. The minimum absolute atomic E-state index is 0.0308. The standard InChI is InChI=1S/C18H21NO4.C4H4O4/c1-9-18(16(22)23)11-7-10-5-3-4-6-12(10)13(18)14(15(20)21)17(2,8-11)19-9;5-3(6)1-2-4(7)8/h3-6,9,11,13-14,19H,7-8H2,1-2H3,(H,20,21)(H,22,23);1-2H,(H,5,6)(H,7,8)/b;2-1-/t9?,11?,13?,14-,17?,18?;/m1./s1. The molecule has 31 heavy (non-hydrogen) atoms. The Labute approximate surface area is 178 Å². The van der Waals surface area contributed by atoms with Gasteiger partial charge in [-0.05, 0) is 43.7 Å². The number of piperidine rings is 2. The molecule has 166 valence electrons. The lowest BCUT2D eigenvalue weighted by molar-refractivity contribution is -0.189. The Hall–Kier alpha value is -3.20. The lowest BCUT2D eigenvalue weighted by atomic mass is 9.41. The maximum Gasteiger partial charge on any atom is 0.328 e. The highest BCUT2D eigenvalue weighted by Crippen LogP contribution is 2.65. The molecule has 1 aromatic rings. The van der Waals surface area contributed by atoms with Gasteiger partial charge < -0.3 is 25.7 Å². The topological polar surface area (TPSA) is 161 Å². The third kappa shape index (κ3) is 3.48. The molecule has 5 N–H and O–H groups in total. The first-order chi connectivity index (χ1) is 14.4. The Kier molecular flexibility index (Phi) is 5.66. The van der Waals surface area contributed by atoms with Gasteiger partial charge in [0.25, 0.3) is 0 Å². The molecular weight excluding hydrogens is 406 g/mol. The summed E-state index contributed by atoms with van der Waals surface area (Å²) in [5.74, 6) is -5.53. The van der Waals surface area contributed by atoms with Crippen molar-refractivity contribution >= 4 is 23.9 Å². The number of benzene rings is 1. The van der Waals surface area contributed by atoms with E-state index in [2.05, 4.69) is 5.32 Å². The molecule has 3 fully saturated rings. The number of nitrogens with one attached hydrogen (secondary N) is 1. The lowest BCUT2D eigenvalue weighted by Gasteiger charge is -2.67. The van der Waals surface area contributed by atoms with Gasteiger partial charge in [0.1, 0.15) is 0 Å². The zero-order valence-corrected chi connectivity index (χ0v) is 17.1. The van der Waals surface area contributed by atoms with E-state index < -0.39 is 46.7 Å². The molecule has 4 bridgehead atoms. The first kappa shape index (κ1) is 22.5. The average molecular weight is 431 g/mol. The van der Waals surface area contributed by atoms with Crippen LogP contribution in [0.4, 0.5) is 0 Å². The molecule has 6 atom stereocenters. The maximum absolute atomic E-state index is 12.4. The van der Waals surface area contributed by atoms with E-state index in [4.69, 9.17) is 10.2 Å². The summed E-state index contributed by atoms with van der Waals surface area (Å²) in [6, 6.07) is 7.52. The van der Waals surface area contributed by atoms with E-state index in [0.717, 1.165) is 11.1 Å². The molecule has 2 aliphatic carbocycles. The minimum atomic E-state index is -1.26. The lowest BCUT2D eigenvalue weighted by Crippen LogP contribution is -2.78. The second kappa shape index (κ2) is 7.81. The van der Waals surface area contributed by atoms with Crippen molar-refractivity contribution in [2.75, 3.05) is 0 Å². The molecule has 9 nitrogen and oxygen atoms in total. The van der Waals surface area contributed by atoms with Crippen molar-refractivity contribution in [3.05, 3.63) is 47.5 Å². The summed E-state index contributed by atoms with van der Waals surface area (Å²) < 4.78 is 0. The van der Waals surface area contributed by atoms with E-state index in [0.29, 0.717) is 25.0 Å². The predicted molar refractivity (Wildman–Crippen MR) is 108 cm³/mol. The van der Waals surface area contributed by atoms with Crippen LogP contribution in [0.2, 0.25) is 0 Å². The van der Waals surface area contributed by atoms with Crippen LogP contribution in [0.25, 0.3) is 0 Å². The Morgan fingerprint density at radius 2 is 1.61 bits per heavy atom. The third-order valence-corrected chi connectivity index (χ3v) is 7.00. The van der Waals surface area contributed by atoms with Gasteiger partial charge in [0, 0.05) is 29.7 Å². The normalized spacial score (nSPS) is 34.9. The van der Waals surface area contributed by atoms with Gasteiger partial charge in [-0.3, -0.25) is 9.59 Å². The molecule has 2 saturated heterocycles. The quantitative estimate of drug-likeness (QED) is 0.446. The summed E-state index contributed by atoms with van der Waals surface area (Å²) in [6.45, 7) is 3.85. The van der Waals surface area contributed by atoms with Crippen LogP contribution >= 0.6 is 0 Å². The maximum atomic E-state index is 12.4. The summed E-state index contributed by atoms with van der Waals surface area (Å²) in [5.41, 5.74) is 0.417. The molecule has 1 saturated carbocycles. The Balaban J connectivity index is 0.000000293. The van der Waals surface area contributed by atoms with Crippen LogP contribution in [0.1, 0.15) is 37.3 Å². The first-order valence-electron chi connectivity index (χ1n) is 9.90. The fourth-order valence-electron chi connectivity index (χ4n) is 6.11. The summed E-state index contributed by atoms with van der Waals surface area (Å²) in [6.07, 6.45) is 2.42. The van der Waals surface area contributed by atoms with Crippen LogP contribution in [0.5, 0.6) is 0 Å². The molecule has 0 spiro atoms. The highest BCUT2D eigenvalue weighted by molar-refractivity contribution is 5.89. The molecule has 2 aliphatic heterocycles. The molecule has 0 aromatic heterocycles. The fourth-order valence-corrected chi connectivity index (χ4v) is 6.11. The van der Waals surface area contributed by atoms with E-state index in [1.165, 1.54) is 0 Å². The van der Waals surface area contributed by atoms with Crippen LogP contribution in [-0.2, 0) is 25.6 Å². The van der Waals surface area contributed by atoms with Crippen LogP contribution in [0, 0.1) is 17.3 Å². The molecule has 4 aliphatic rings. The molecule has 2 heterocycles. The highest BCUT2D eigenvalue weighted by atomic mass is 16.4. The molecule has 5 unspecified atom stereocenters. The average Bonchev–Trinajstić information content (AvgIpc) is 2.65. The first-order valence-corrected chi connectivity index (χ1v) is 9.90. The van der Waals surface area contributed by atoms with Crippen LogP contribution < -0.4 is 5.32 Å². The van der Waals surface area contributed by atoms with Crippen molar-refractivity contribution in [3.63, 3.8) is 0 Å². The van der Waals surface area contributed by atoms with Crippen molar-refractivity contribution in [1.29, 1.82) is 0 Å². The number of carbonyl (C=O) groups is 4. The Morgan fingerprint density at radius 3 is 2.13 bits per heavy atom. The number of rotatable bonds is 4. The number of hydrogen-bond donors (Lipinski definition) is 5. The van der Waals surface area contributed by atoms with Crippen molar-refractivity contribution in [3.8, 4) is 0 Å². The third-order valence-electron chi connectivity index (χ3n) is 7.00. The summed E-state index contributed by atoms with van der Waals surface area (Å²) in [7, 11) is 0. The van der Waals surface area contributed by atoms with Gasteiger partial charge >= 0.3 is 23.9 Å². The van der Waals surface area contributed by atoms with Crippen LogP contribution in [0.15, 0.2) is 36.4 Å². The van der Waals surface area contributed by atoms with E-state index >= 15 is 0 Å². The van der Waals surface area contributed by atoms with Crippen molar-refractivity contribution in [1.82, 2.24) is 5.32 Å². The van der Waals surface area contributed by atoms with Gasteiger partial charge in [-0.2, -0.15) is 0 Å². The van der Waals surface area contributed by atoms with Crippen molar-refractivity contribution < 1.29 is 39.6 Å². The van der Waals surface area contributed by atoms with Gasteiger partial charge in [-0.15, -0.1) is 0 Å². The molecule has 0 amide bonds. The van der Waals surface area contributed by atoms with Gasteiger partial charge in [0.15, 0.2) is 0 Å². The largest absolute Gasteiger partial charge is 0.481 e. The highest BCUT2D eigenvalue weighted by Gasteiger charge is 2.72. The number of carboxylic acids is 4. The molecule has 1 aromatic carbocycles. The minimum Gasteiger partial charge on any atom is -0.481 e. The summed E-state index contributed by atoms with van der Waals surface area (Å²) in [5, 5.41) is 39.0. The fraction of sp³-hybridized carbons (Fsp3) is 0.455. The Morgan fingerprint density at radius 1 is 1.03 bits per heavy atom. The number of hydrogen-bond acceptors (Lipinski definition) is 5. The van der Waals surface area contributed by atoms with E-state index in [1.54, 1.807) is 0 Å². The summed E-state index contributed by atoms with van der Waals surface area (Å²) in [4.78, 5) is 43.6. The monoisotopic (exact) mass is 431 g/mol. The second-order valence-electron chi connectivity index (χ2n) is 8.63. The van der Waals surface area contributed by atoms with Crippen LogP contribution in [-0.4, -0.2) is 55.9 Å². The zero-order valence-electron chi connectivity index (χ0n) is 17.1. The van der Waals surface area contributed by atoms with Gasteiger partial charge in [-0.25, -0.2) is 9.59 Å². The predicted octanol–water partition coefficient (Wildman–Crippen LogP) is 1.58. The van der Waals surface area contributed by atoms with Gasteiger partial charge in [0.05, 0.1) is 11.3 Å². The van der Waals surface area contributed by atoms with E-state index in [1.807, 2.05) is 38.1 Å². The summed E-state index contributed by atoms with van der Waals surface area (Å²) >= 11 is 0. The van der Waals surface area contributed by atoms with Crippen molar-refractivity contribution in [2.24, 2.45) is 17.3 Å².